The lowest BCUT2D eigenvalue weighted by atomic mass is 10.1. The lowest BCUT2D eigenvalue weighted by Gasteiger charge is -2.33. The van der Waals surface area contributed by atoms with Crippen molar-refractivity contribution in [1.82, 2.24) is 0 Å². The molecule has 0 amide bonds. The molecule has 104 valence electrons. The number of halogens is 3. The summed E-state index contributed by atoms with van der Waals surface area (Å²) in [6.45, 7) is 12.5. The number of hydrogen-bond acceptors (Lipinski definition) is 0. The molecule has 4 heteroatoms. The van der Waals surface area contributed by atoms with Crippen LogP contribution in [0.15, 0.2) is 22.3 Å². The van der Waals surface area contributed by atoms with Crippen LogP contribution in [-0.2, 0) is 0 Å². The summed E-state index contributed by atoms with van der Waals surface area (Å²) in [6.07, 6.45) is -4.66. The van der Waals surface area contributed by atoms with Crippen LogP contribution in [0.2, 0.25) is 24.7 Å². The molecule has 0 heterocycles. The molecule has 0 radical (unpaired) electrons. The Labute approximate surface area is 109 Å². The van der Waals surface area contributed by atoms with Gasteiger partial charge in [-0.05, 0) is 50.4 Å². The predicted octanol–water partition coefficient (Wildman–Crippen LogP) is 5.70. The van der Waals surface area contributed by atoms with E-state index in [0.29, 0.717) is 11.6 Å². The molecule has 0 spiro atoms. The second kappa shape index (κ2) is 4.87. The fourth-order valence-electron chi connectivity index (χ4n) is 3.13. The first-order chi connectivity index (χ1) is 7.97. The maximum atomic E-state index is 12.4. The summed E-state index contributed by atoms with van der Waals surface area (Å²) in [7, 11) is -1.93. The molecule has 0 unspecified atom stereocenters. The van der Waals surface area contributed by atoms with E-state index in [4.69, 9.17) is 0 Å². The van der Waals surface area contributed by atoms with Crippen LogP contribution in [0.4, 0.5) is 13.2 Å². The number of rotatable bonds is 3. The van der Waals surface area contributed by atoms with Crippen LogP contribution in [-0.4, -0.2) is 14.3 Å². The first-order valence-electron chi connectivity index (χ1n) is 6.39. The number of alkyl halides is 3. The summed E-state index contributed by atoms with van der Waals surface area (Å²) in [5, 5.41) is 0. The van der Waals surface area contributed by atoms with Crippen LogP contribution in [0.3, 0.4) is 0 Å². The van der Waals surface area contributed by atoms with Crippen molar-refractivity contribution in [1.29, 1.82) is 0 Å². The Kier molecular flexibility index (Phi) is 4.21. The maximum absolute atomic E-state index is 12.4. The van der Waals surface area contributed by atoms with Gasteiger partial charge in [0.25, 0.3) is 0 Å². The van der Waals surface area contributed by atoms with E-state index in [-0.39, 0.29) is 0 Å². The molecule has 0 aromatic rings. The van der Waals surface area contributed by atoms with Crippen molar-refractivity contribution in [3.8, 4) is 0 Å². The Morgan fingerprint density at radius 3 is 1.67 bits per heavy atom. The summed E-state index contributed by atoms with van der Waals surface area (Å²) < 4.78 is 37.3. The number of allylic oxidation sites excluding steroid dienone is 4. The summed E-state index contributed by atoms with van der Waals surface area (Å²) >= 11 is 0. The third kappa shape index (κ3) is 3.08. The first-order valence-corrected chi connectivity index (χ1v) is 9.67. The van der Waals surface area contributed by atoms with E-state index in [2.05, 4.69) is 40.8 Å². The zero-order chi connectivity index (χ0) is 14.3. The van der Waals surface area contributed by atoms with Gasteiger partial charge in [0.1, 0.15) is 0 Å². The van der Waals surface area contributed by atoms with Crippen molar-refractivity contribution in [3.63, 3.8) is 0 Å². The van der Waals surface area contributed by atoms with Crippen LogP contribution >= 0.6 is 0 Å². The zero-order valence-corrected chi connectivity index (χ0v) is 13.1. The van der Waals surface area contributed by atoms with Gasteiger partial charge >= 0.3 is 6.18 Å². The average molecular weight is 276 g/mol. The van der Waals surface area contributed by atoms with E-state index < -0.39 is 20.7 Å². The highest BCUT2D eigenvalue weighted by molar-refractivity contribution is 6.80. The van der Waals surface area contributed by atoms with Crippen molar-refractivity contribution < 1.29 is 13.2 Å². The molecule has 0 nitrogen and oxygen atoms in total. The third-order valence-corrected chi connectivity index (χ3v) is 8.41. The van der Waals surface area contributed by atoms with Gasteiger partial charge in [-0.25, -0.2) is 0 Å². The van der Waals surface area contributed by atoms with Gasteiger partial charge in [0.2, 0.25) is 0 Å². The number of hydrogen-bond donors (Lipinski definition) is 0. The van der Waals surface area contributed by atoms with Gasteiger partial charge in [-0.2, -0.15) is 13.2 Å². The lowest BCUT2D eigenvalue weighted by Crippen LogP contribution is -2.34. The molecule has 1 aliphatic carbocycles. The van der Waals surface area contributed by atoms with Gasteiger partial charge in [-0.15, -0.1) is 0 Å². The van der Waals surface area contributed by atoms with E-state index in [1.54, 1.807) is 0 Å². The van der Waals surface area contributed by atoms with Gasteiger partial charge in [0.05, 0.1) is 8.07 Å². The third-order valence-electron chi connectivity index (χ3n) is 4.45. The molecule has 1 rings (SSSR count). The SMILES string of the molecule is CC1=C(C)C([Si](C)(C)CCC(F)(F)F)C(C)=C1C. The minimum absolute atomic E-state index is 0.292. The van der Waals surface area contributed by atoms with Crippen molar-refractivity contribution in [3.05, 3.63) is 22.3 Å². The van der Waals surface area contributed by atoms with Crippen molar-refractivity contribution >= 4 is 8.07 Å². The Bertz CT molecular complexity index is 376. The molecule has 18 heavy (non-hydrogen) atoms. The second-order valence-electron chi connectivity index (χ2n) is 6.15. The van der Waals surface area contributed by atoms with E-state index in [9.17, 15) is 13.2 Å². The fourth-order valence-corrected chi connectivity index (χ4v) is 7.12. The zero-order valence-electron chi connectivity index (χ0n) is 12.1. The van der Waals surface area contributed by atoms with Crippen LogP contribution in [0.25, 0.3) is 0 Å². The van der Waals surface area contributed by atoms with Gasteiger partial charge in [0, 0.05) is 6.42 Å². The lowest BCUT2D eigenvalue weighted by molar-refractivity contribution is -0.130. The van der Waals surface area contributed by atoms with Crippen LogP contribution in [0.1, 0.15) is 34.1 Å². The molecule has 0 N–H and O–H groups in total. The molecule has 0 bridgehead atoms. The highest BCUT2D eigenvalue weighted by Gasteiger charge is 2.41. The summed E-state index contributed by atoms with van der Waals surface area (Å²) in [6, 6.07) is 0.316. The second-order valence-corrected chi connectivity index (χ2v) is 11.2. The van der Waals surface area contributed by atoms with Gasteiger partial charge in [-0.3, -0.25) is 0 Å². The van der Waals surface area contributed by atoms with E-state index >= 15 is 0 Å². The predicted molar refractivity (Wildman–Crippen MR) is 73.5 cm³/mol. The van der Waals surface area contributed by atoms with E-state index in [0.717, 1.165) is 0 Å². The molecule has 0 aromatic carbocycles. The molecule has 0 aromatic heterocycles. The first kappa shape index (κ1) is 15.5. The van der Waals surface area contributed by atoms with Crippen molar-refractivity contribution in [2.75, 3.05) is 0 Å². The minimum atomic E-state index is -4.03. The minimum Gasteiger partial charge on any atom is -0.171 e. The largest absolute Gasteiger partial charge is 0.388 e. The Balaban J connectivity index is 2.94. The molecule has 0 atom stereocenters. The normalized spacial score (nSPS) is 19.2. The molecule has 0 fully saturated rings. The molecule has 0 saturated heterocycles. The quantitative estimate of drug-likeness (QED) is 0.580. The molecular weight excluding hydrogens is 253 g/mol. The fraction of sp³-hybridized carbons (Fsp3) is 0.714. The maximum Gasteiger partial charge on any atom is 0.388 e. The standard InChI is InChI=1S/C14H23F3Si/c1-9-10(2)12(4)13(11(9)3)18(5,6)8-7-14(15,16)17/h13H,7-8H2,1-6H3. The molecular formula is C14H23F3Si. The van der Waals surface area contributed by atoms with Gasteiger partial charge in [0.15, 0.2) is 0 Å². The average Bonchev–Trinajstić information content (AvgIpc) is 2.40. The summed E-state index contributed by atoms with van der Waals surface area (Å²) in [4.78, 5) is 0. The van der Waals surface area contributed by atoms with Crippen LogP contribution in [0.5, 0.6) is 0 Å². The van der Waals surface area contributed by atoms with E-state index in [1.165, 1.54) is 22.3 Å². The Hall–Kier alpha value is -0.513. The highest BCUT2D eigenvalue weighted by atomic mass is 28.3. The Morgan fingerprint density at radius 1 is 0.944 bits per heavy atom. The van der Waals surface area contributed by atoms with Gasteiger partial charge in [-0.1, -0.05) is 24.2 Å². The molecule has 0 saturated carbocycles. The van der Waals surface area contributed by atoms with Crippen molar-refractivity contribution in [2.45, 2.75) is 65.0 Å². The molecule has 1 aliphatic rings. The van der Waals surface area contributed by atoms with E-state index in [1.807, 2.05) is 0 Å². The topological polar surface area (TPSA) is 0 Å². The smallest absolute Gasteiger partial charge is 0.171 e. The molecule has 0 aliphatic heterocycles. The Morgan fingerprint density at radius 2 is 1.33 bits per heavy atom. The van der Waals surface area contributed by atoms with Crippen LogP contribution < -0.4 is 0 Å². The highest BCUT2D eigenvalue weighted by Crippen LogP contribution is 2.48. The van der Waals surface area contributed by atoms with Crippen LogP contribution in [0, 0.1) is 0 Å². The van der Waals surface area contributed by atoms with Crippen molar-refractivity contribution in [2.24, 2.45) is 0 Å². The summed E-state index contributed by atoms with van der Waals surface area (Å²) in [5.74, 6) is 0. The van der Waals surface area contributed by atoms with Gasteiger partial charge < -0.3 is 0 Å². The summed E-state index contributed by atoms with van der Waals surface area (Å²) in [5.41, 5.74) is 5.45. The monoisotopic (exact) mass is 276 g/mol.